The SMILES string of the molecule is Cc1cc(-c2nnc(CN3CC(C)NCC3C)o2)c(C)o1. The van der Waals surface area contributed by atoms with Crippen molar-refractivity contribution in [1.29, 1.82) is 0 Å². The Balaban J connectivity index is 1.74. The smallest absolute Gasteiger partial charge is 0.251 e. The Morgan fingerprint density at radius 1 is 1.29 bits per heavy atom. The van der Waals surface area contributed by atoms with Gasteiger partial charge in [-0.25, -0.2) is 0 Å². The maximum absolute atomic E-state index is 5.81. The molecule has 21 heavy (non-hydrogen) atoms. The first-order valence-electron chi connectivity index (χ1n) is 7.40. The van der Waals surface area contributed by atoms with Crippen molar-refractivity contribution in [2.75, 3.05) is 13.1 Å². The molecule has 0 radical (unpaired) electrons. The lowest BCUT2D eigenvalue weighted by atomic mass is 10.1. The van der Waals surface area contributed by atoms with Gasteiger partial charge in [0.1, 0.15) is 11.5 Å². The molecule has 0 aromatic carbocycles. The Bertz CT molecular complexity index is 619. The van der Waals surface area contributed by atoms with Gasteiger partial charge >= 0.3 is 0 Å². The summed E-state index contributed by atoms with van der Waals surface area (Å²) in [6, 6.07) is 2.89. The Labute approximate surface area is 124 Å². The normalized spacial score (nSPS) is 23.6. The van der Waals surface area contributed by atoms with Crippen LogP contribution in [0.2, 0.25) is 0 Å². The molecule has 2 atom stereocenters. The summed E-state index contributed by atoms with van der Waals surface area (Å²) < 4.78 is 11.3. The highest BCUT2D eigenvalue weighted by atomic mass is 16.4. The van der Waals surface area contributed by atoms with Crippen LogP contribution in [-0.4, -0.2) is 40.3 Å². The number of nitrogens with one attached hydrogen (secondary N) is 1. The molecule has 1 aliphatic rings. The summed E-state index contributed by atoms with van der Waals surface area (Å²) in [6.07, 6.45) is 0. The molecule has 2 aromatic rings. The number of aryl methyl sites for hydroxylation is 2. The molecule has 3 heterocycles. The van der Waals surface area contributed by atoms with Crippen molar-refractivity contribution >= 4 is 0 Å². The lowest BCUT2D eigenvalue weighted by Crippen LogP contribution is -2.53. The van der Waals surface area contributed by atoms with Crippen LogP contribution >= 0.6 is 0 Å². The maximum atomic E-state index is 5.81. The molecule has 1 saturated heterocycles. The number of hydrogen-bond donors (Lipinski definition) is 1. The standard InChI is InChI=1S/C15H22N4O2/c1-9-7-19(10(2)6-16-9)8-14-17-18-15(21-14)13-5-11(3)20-12(13)4/h5,9-10,16H,6-8H2,1-4H3. The topological polar surface area (TPSA) is 67.3 Å². The van der Waals surface area contributed by atoms with Crippen LogP contribution in [0.4, 0.5) is 0 Å². The van der Waals surface area contributed by atoms with Crippen molar-refractivity contribution in [2.24, 2.45) is 0 Å². The molecule has 0 aliphatic carbocycles. The van der Waals surface area contributed by atoms with Gasteiger partial charge in [0.2, 0.25) is 5.89 Å². The van der Waals surface area contributed by atoms with Gasteiger partial charge in [0.25, 0.3) is 5.89 Å². The quantitative estimate of drug-likeness (QED) is 0.934. The first-order chi connectivity index (χ1) is 10.0. The number of aromatic nitrogens is 2. The highest BCUT2D eigenvalue weighted by molar-refractivity contribution is 5.55. The molecule has 1 aliphatic heterocycles. The average molecular weight is 290 g/mol. The minimum Gasteiger partial charge on any atom is -0.466 e. The third-order valence-corrected chi connectivity index (χ3v) is 3.97. The van der Waals surface area contributed by atoms with Crippen molar-refractivity contribution in [2.45, 2.75) is 46.3 Å². The molecule has 114 valence electrons. The Kier molecular flexibility index (Phi) is 3.82. The van der Waals surface area contributed by atoms with Crippen LogP contribution in [0.15, 0.2) is 14.9 Å². The van der Waals surface area contributed by atoms with Crippen LogP contribution in [0.5, 0.6) is 0 Å². The van der Waals surface area contributed by atoms with E-state index in [1.807, 2.05) is 19.9 Å². The third-order valence-electron chi connectivity index (χ3n) is 3.97. The van der Waals surface area contributed by atoms with Crippen molar-refractivity contribution < 1.29 is 8.83 Å². The van der Waals surface area contributed by atoms with Crippen molar-refractivity contribution in [3.63, 3.8) is 0 Å². The van der Waals surface area contributed by atoms with Gasteiger partial charge in [0.05, 0.1) is 12.1 Å². The monoisotopic (exact) mass is 290 g/mol. The molecule has 6 heteroatoms. The predicted octanol–water partition coefficient (Wildman–Crippen LogP) is 2.13. The van der Waals surface area contributed by atoms with Gasteiger partial charge in [0.15, 0.2) is 0 Å². The zero-order valence-corrected chi connectivity index (χ0v) is 13.0. The van der Waals surface area contributed by atoms with E-state index in [1.54, 1.807) is 0 Å². The molecule has 0 spiro atoms. The van der Waals surface area contributed by atoms with E-state index in [9.17, 15) is 0 Å². The van der Waals surface area contributed by atoms with Gasteiger partial charge in [-0.1, -0.05) is 0 Å². The predicted molar refractivity (Wildman–Crippen MR) is 78.8 cm³/mol. The number of nitrogens with zero attached hydrogens (tertiary/aromatic N) is 3. The second kappa shape index (κ2) is 5.61. The van der Waals surface area contributed by atoms with E-state index in [1.165, 1.54) is 0 Å². The summed E-state index contributed by atoms with van der Waals surface area (Å²) in [5.74, 6) is 2.86. The van der Waals surface area contributed by atoms with E-state index in [0.717, 1.165) is 30.2 Å². The zero-order valence-electron chi connectivity index (χ0n) is 13.0. The van der Waals surface area contributed by atoms with Crippen molar-refractivity contribution in [3.8, 4) is 11.5 Å². The molecule has 0 saturated carbocycles. The van der Waals surface area contributed by atoms with Gasteiger partial charge in [-0.2, -0.15) is 0 Å². The Morgan fingerprint density at radius 2 is 2.10 bits per heavy atom. The van der Waals surface area contributed by atoms with E-state index >= 15 is 0 Å². The third kappa shape index (κ3) is 3.01. The van der Waals surface area contributed by atoms with E-state index in [0.29, 0.717) is 30.4 Å². The average Bonchev–Trinajstić information content (AvgIpc) is 3.00. The molecule has 2 unspecified atom stereocenters. The van der Waals surface area contributed by atoms with Gasteiger partial charge in [-0.05, 0) is 33.8 Å². The highest BCUT2D eigenvalue weighted by Crippen LogP contribution is 2.25. The number of piperazine rings is 1. The van der Waals surface area contributed by atoms with E-state index in [-0.39, 0.29) is 0 Å². The van der Waals surface area contributed by atoms with Crippen LogP contribution in [0, 0.1) is 13.8 Å². The van der Waals surface area contributed by atoms with E-state index in [4.69, 9.17) is 8.83 Å². The first-order valence-corrected chi connectivity index (χ1v) is 7.40. The number of hydrogen-bond acceptors (Lipinski definition) is 6. The van der Waals surface area contributed by atoms with Crippen LogP contribution in [0.25, 0.3) is 11.5 Å². The molecule has 6 nitrogen and oxygen atoms in total. The Hall–Kier alpha value is -1.66. The van der Waals surface area contributed by atoms with Gasteiger partial charge in [-0.15, -0.1) is 10.2 Å². The van der Waals surface area contributed by atoms with Crippen LogP contribution < -0.4 is 5.32 Å². The van der Waals surface area contributed by atoms with Crippen molar-refractivity contribution in [3.05, 3.63) is 23.5 Å². The summed E-state index contributed by atoms with van der Waals surface area (Å²) in [7, 11) is 0. The summed E-state index contributed by atoms with van der Waals surface area (Å²) in [6.45, 7) is 10.9. The highest BCUT2D eigenvalue weighted by Gasteiger charge is 2.24. The summed E-state index contributed by atoms with van der Waals surface area (Å²) in [4.78, 5) is 2.37. The fraction of sp³-hybridized carbons (Fsp3) is 0.600. The van der Waals surface area contributed by atoms with Crippen molar-refractivity contribution in [1.82, 2.24) is 20.4 Å². The summed E-state index contributed by atoms with van der Waals surface area (Å²) in [5, 5.41) is 11.8. The molecule has 3 rings (SSSR count). The van der Waals surface area contributed by atoms with Crippen LogP contribution in [0.1, 0.15) is 31.3 Å². The second-order valence-corrected chi connectivity index (χ2v) is 5.92. The lowest BCUT2D eigenvalue weighted by Gasteiger charge is -2.36. The molecule has 1 fully saturated rings. The fourth-order valence-corrected chi connectivity index (χ4v) is 2.76. The largest absolute Gasteiger partial charge is 0.466 e. The fourth-order valence-electron chi connectivity index (χ4n) is 2.76. The first kappa shape index (κ1) is 14.3. The summed E-state index contributed by atoms with van der Waals surface area (Å²) in [5.41, 5.74) is 0.882. The van der Waals surface area contributed by atoms with Gasteiger partial charge < -0.3 is 14.2 Å². The molecule has 1 N–H and O–H groups in total. The molecule has 0 amide bonds. The zero-order chi connectivity index (χ0) is 15.0. The minimum absolute atomic E-state index is 0.467. The molecule has 0 bridgehead atoms. The number of furan rings is 1. The van der Waals surface area contributed by atoms with Crippen LogP contribution in [-0.2, 0) is 6.54 Å². The lowest BCUT2D eigenvalue weighted by molar-refractivity contribution is 0.127. The van der Waals surface area contributed by atoms with Gasteiger partial charge in [0, 0.05) is 25.2 Å². The molecular formula is C15H22N4O2. The number of rotatable bonds is 3. The molecular weight excluding hydrogens is 268 g/mol. The molecule has 2 aromatic heterocycles. The van der Waals surface area contributed by atoms with E-state index < -0.39 is 0 Å². The maximum Gasteiger partial charge on any atom is 0.251 e. The van der Waals surface area contributed by atoms with Crippen LogP contribution in [0.3, 0.4) is 0 Å². The second-order valence-electron chi connectivity index (χ2n) is 5.92. The summed E-state index contributed by atoms with van der Waals surface area (Å²) >= 11 is 0. The van der Waals surface area contributed by atoms with E-state index in [2.05, 4.69) is 34.3 Å². The minimum atomic E-state index is 0.467. The van der Waals surface area contributed by atoms with Gasteiger partial charge in [-0.3, -0.25) is 4.90 Å². The Morgan fingerprint density at radius 3 is 2.81 bits per heavy atom.